The monoisotopic (exact) mass is 295 g/mol. The average molecular weight is 296 g/mol. The molecule has 0 atom stereocenters. The van der Waals surface area contributed by atoms with Gasteiger partial charge in [-0.05, 0) is 42.8 Å². The molecule has 3 heteroatoms. The van der Waals surface area contributed by atoms with Crippen LogP contribution in [0.1, 0.15) is 5.56 Å². The second kappa shape index (κ2) is 5.98. The van der Waals surface area contributed by atoms with Gasteiger partial charge in [-0.15, -0.1) is 0 Å². The molecule has 2 aromatic carbocycles. The lowest BCUT2D eigenvalue weighted by atomic mass is 10.0. The smallest absolute Gasteiger partial charge is 0.135 e. The number of aromatic nitrogens is 1. The van der Waals surface area contributed by atoms with Crippen molar-refractivity contribution in [2.45, 2.75) is 6.92 Å². The van der Waals surface area contributed by atoms with Gasteiger partial charge in [0.15, 0.2) is 0 Å². The highest BCUT2D eigenvalue weighted by Gasteiger charge is 2.08. The first-order valence-corrected chi connectivity index (χ1v) is 7.05. The number of pyridine rings is 1. The lowest BCUT2D eigenvalue weighted by molar-refractivity contribution is 0.484. The Balaban J connectivity index is 2.03. The quantitative estimate of drug-likeness (QED) is 0.636. The number of aryl methyl sites for hydroxylation is 1. The molecular formula is C18H14ClNO. The van der Waals surface area contributed by atoms with Gasteiger partial charge in [-0.3, -0.25) is 4.98 Å². The number of hydrogen-bond donors (Lipinski definition) is 0. The molecule has 0 aliphatic rings. The molecule has 1 heterocycles. The lowest BCUT2D eigenvalue weighted by Gasteiger charge is -2.12. The fourth-order valence-electron chi connectivity index (χ4n) is 2.13. The van der Waals surface area contributed by atoms with Gasteiger partial charge < -0.3 is 4.74 Å². The lowest BCUT2D eigenvalue weighted by Crippen LogP contribution is -1.90. The molecule has 3 rings (SSSR count). The van der Waals surface area contributed by atoms with Crippen molar-refractivity contribution in [3.63, 3.8) is 0 Å². The van der Waals surface area contributed by atoms with E-state index in [1.807, 2.05) is 55.6 Å². The minimum Gasteiger partial charge on any atom is -0.457 e. The van der Waals surface area contributed by atoms with Crippen LogP contribution in [0.2, 0.25) is 5.02 Å². The van der Waals surface area contributed by atoms with E-state index in [1.54, 1.807) is 12.3 Å². The van der Waals surface area contributed by atoms with E-state index in [9.17, 15) is 0 Å². The molecule has 3 aromatic rings. The van der Waals surface area contributed by atoms with E-state index < -0.39 is 0 Å². The second-order valence-electron chi connectivity index (χ2n) is 4.80. The number of benzene rings is 2. The Hall–Kier alpha value is -2.32. The van der Waals surface area contributed by atoms with Crippen LogP contribution >= 0.6 is 11.6 Å². The molecule has 0 aliphatic heterocycles. The van der Waals surface area contributed by atoms with E-state index in [0.29, 0.717) is 5.02 Å². The van der Waals surface area contributed by atoms with Gasteiger partial charge in [0.05, 0.1) is 0 Å². The van der Waals surface area contributed by atoms with E-state index in [0.717, 1.165) is 28.2 Å². The molecule has 0 saturated carbocycles. The Morgan fingerprint density at radius 1 is 1.00 bits per heavy atom. The molecule has 104 valence electrons. The molecule has 0 bridgehead atoms. The first kappa shape index (κ1) is 13.7. The third-order valence-corrected chi connectivity index (χ3v) is 3.37. The Kier molecular flexibility index (Phi) is 3.89. The van der Waals surface area contributed by atoms with Gasteiger partial charge >= 0.3 is 0 Å². The highest BCUT2D eigenvalue weighted by molar-refractivity contribution is 6.30. The van der Waals surface area contributed by atoms with Crippen molar-refractivity contribution in [3.05, 3.63) is 77.6 Å². The van der Waals surface area contributed by atoms with E-state index >= 15 is 0 Å². The Bertz CT molecular complexity index is 756. The summed E-state index contributed by atoms with van der Waals surface area (Å²) in [6, 6.07) is 17.4. The molecule has 21 heavy (non-hydrogen) atoms. The third-order valence-electron chi connectivity index (χ3n) is 3.13. The van der Waals surface area contributed by atoms with Gasteiger partial charge in [-0.2, -0.15) is 0 Å². The summed E-state index contributed by atoms with van der Waals surface area (Å²) >= 11 is 6.01. The molecule has 0 aliphatic carbocycles. The van der Waals surface area contributed by atoms with Crippen LogP contribution in [0.3, 0.4) is 0 Å². The van der Waals surface area contributed by atoms with Gasteiger partial charge in [-0.1, -0.05) is 35.9 Å². The van der Waals surface area contributed by atoms with Crippen LogP contribution in [-0.4, -0.2) is 4.98 Å². The topological polar surface area (TPSA) is 22.1 Å². The zero-order valence-corrected chi connectivity index (χ0v) is 12.3. The molecule has 1 aromatic heterocycles. The minimum absolute atomic E-state index is 0.656. The Morgan fingerprint density at radius 3 is 2.67 bits per heavy atom. The van der Waals surface area contributed by atoms with Crippen LogP contribution in [-0.2, 0) is 0 Å². The van der Waals surface area contributed by atoms with Crippen molar-refractivity contribution < 1.29 is 4.74 Å². The SMILES string of the molecule is Cc1ccc(-c2cccnc2)c(Oc2cccc(Cl)c2)c1. The highest BCUT2D eigenvalue weighted by atomic mass is 35.5. The van der Waals surface area contributed by atoms with Crippen molar-refractivity contribution in [1.82, 2.24) is 4.98 Å². The van der Waals surface area contributed by atoms with E-state index in [1.165, 1.54) is 0 Å². The van der Waals surface area contributed by atoms with E-state index in [-0.39, 0.29) is 0 Å². The Morgan fingerprint density at radius 2 is 1.90 bits per heavy atom. The van der Waals surface area contributed by atoms with Crippen LogP contribution in [0.5, 0.6) is 11.5 Å². The zero-order valence-electron chi connectivity index (χ0n) is 11.6. The summed E-state index contributed by atoms with van der Waals surface area (Å²) in [5.41, 5.74) is 3.17. The highest BCUT2D eigenvalue weighted by Crippen LogP contribution is 2.34. The van der Waals surface area contributed by atoms with Gasteiger partial charge in [-0.25, -0.2) is 0 Å². The molecule has 2 nitrogen and oxygen atoms in total. The molecule has 0 unspecified atom stereocenters. The maximum absolute atomic E-state index is 6.01. The largest absolute Gasteiger partial charge is 0.457 e. The summed E-state index contributed by atoms with van der Waals surface area (Å²) in [7, 11) is 0. The van der Waals surface area contributed by atoms with Crippen molar-refractivity contribution in [1.29, 1.82) is 0 Å². The second-order valence-corrected chi connectivity index (χ2v) is 5.24. The van der Waals surface area contributed by atoms with Crippen molar-refractivity contribution in [2.75, 3.05) is 0 Å². The number of ether oxygens (including phenoxy) is 1. The predicted molar refractivity (Wildman–Crippen MR) is 85.9 cm³/mol. The van der Waals surface area contributed by atoms with E-state index in [2.05, 4.69) is 11.1 Å². The van der Waals surface area contributed by atoms with Crippen molar-refractivity contribution in [2.24, 2.45) is 0 Å². The summed E-state index contributed by atoms with van der Waals surface area (Å²) in [4.78, 5) is 4.17. The maximum Gasteiger partial charge on any atom is 0.135 e. The van der Waals surface area contributed by atoms with Crippen LogP contribution < -0.4 is 4.74 Å². The number of halogens is 1. The van der Waals surface area contributed by atoms with Crippen LogP contribution in [0.25, 0.3) is 11.1 Å². The molecule has 0 amide bonds. The number of nitrogens with zero attached hydrogens (tertiary/aromatic N) is 1. The third kappa shape index (κ3) is 3.23. The van der Waals surface area contributed by atoms with Gasteiger partial charge in [0.1, 0.15) is 11.5 Å². The van der Waals surface area contributed by atoms with Crippen LogP contribution in [0, 0.1) is 6.92 Å². The van der Waals surface area contributed by atoms with Gasteiger partial charge in [0.25, 0.3) is 0 Å². The first-order chi connectivity index (χ1) is 10.2. The summed E-state index contributed by atoms with van der Waals surface area (Å²) in [6.07, 6.45) is 3.59. The zero-order chi connectivity index (χ0) is 14.7. The van der Waals surface area contributed by atoms with Crippen LogP contribution in [0.15, 0.2) is 67.0 Å². The number of hydrogen-bond acceptors (Lipinski definition) is 2. The normalized spacial score (nSPS) is 10.4. The molecule has 0 radical (unpaired) electrons. The maximum atomic E-state index is 6.01. The molecule has 0 saturated heterocycles. The summed E-state index contributed by atoms with van der Waals surface area (Å²) in [6.45, 7) is 2.04. The van der Waals surface area contributed by atoms with E-state index in [4.69, 9.17) is 16.3 Å². The average Bonchev–Trinajstić information content (AvgIpc) is 2.48. The minimum atomic E-state index is 0.656. The first-order valence-electron chi connectivity index (χ1n) is 6.67. The van der Waals surface area contributed by atoms with Gasteiger partial charge in [0.2, 0.25) is 0 Å². The standard InChI is InChI=1S/C18H14ClNO/c1-13-7-8-17(14-4-3-9-20-12-14)18(10-13)21-16-6-2-5-15(19)11-16/h2-12H,1H3. The summed E-state index contributed by atoms with van der Waals surface area (Å²) < 4.78 is 6.01. The fourth-order valence-corrected chi connectivity index (χ4v) is 2.31. The van der Waals surface area contributed by atoms with Crippen molar-refractivity contribution >= 4 is 11.6 Å². The molecule has 0 N–H and O–H groups in total. The molecule has 0 spiro atoms. The number of rotatable bonds is 3. The molecular weight excluding hydrogens is 282 g/mol. The Labute approximate surface area is 129 Å². The predicted octanol–water partition coefficient (Wildman–Crippen LogP) is 5.50. The summed E-state index contributed by atoms with van der Waals surface area (Å²) in [5, 5.41) is 0.656. The summed E-state index contributed by atoms with van der Waals surface area (Å²) in [5.74, 6) is 1.52. The van der Waals surface area contributed by atoms with Crippen molar-refractivity contribution in [3.8, 4) is 22.6 Å². The fraction of sp³-hybridized carbons (Fsp3) is 0.0556. The van der Waals surface area contributed by atoms with Gasteiger partial charge in [0, 0.05) is 28.5 Å². The molecule has 0 fully saturated rings. The van der Waals surface area contributed by atoms with Crippen LogP contribution in [0.4, 0.5) is 0 Å².